The molecule has 0 saturated carbocycles. The highest BCUT2D eigenvalue weighted by Crippen LogP contribution is 2.34. The Morgan fingerprint density at radius 1 is 1.21 bits per heavy atom. The molecule has 4 rings (SSSR count). The number of imidazole rings is 1. The first-order valence-electron chi connectivity index (χ1n) is 9.53. The van der Waals surface area contributed by atoms with Crippen molar-refractivity contribution >= 4 is 29.2 Å². The zero-order valence-corrected chi connectivity index (χ0v) is 17.0. The number of benzene rings is 1. The third kappa shape index (κ3) is 4.07. The minimum atomic E-state index is -0.208. The van der Waals surface area contributed by atoms with Gasteiger partial charge in [0, 0.05) is 12.3 Å². The number of halogens is 1. The second kappa shape index (κ2) is 8.17. The summed E-state index contributed by atoms with van der Waals surface area (Å²) in [6, 6.07) is 11.3. The Balaban J connectivity index is 1.53. The monoisotopic (exact) mass is 411 g/mol. The maximum Gasteiger partial charge on any atom is 0.244 e. The molecule has 7 heteroatoms. The van der Waals surface area contributed by atoms with Gasteiger partial charge in [0.1, 0.15) is 18.9 Å². The Morgan fingerprint density at radius 2 is 2.00 bits per heavy atom. The Kier molecular flexibility index (Phi) is 5.45. The summed E-state index contributed by atoms with van der Waals surface area (Å²) in [5, 5.41) is 3.43. The first-order chi connectivity index (χ1) is 14.0. The van der Waals surface area contributed by atoms with E-state index in [0.717, 1.165) is 17.0 Å². The summed E-state index contributed by atoms with van der Waals surface area (Å²) in [6.45, 7) is 5.20. The number of rotatable bonds is 5. The molecule has 3 aromatic rings. The number of nitrogens with zero attached hydrogens (tertiary/aromatic N) is 2. The summed E-state index contributed by atoms with van der Waals surface area (Å²) in [7, 11) is 0. The van der Waals surface area contributed by atoms with Gasteiger partial charge in [0.05, 0.1) is 11.7 Å². The molecule has 0 unspecified atom stereocenters. The second-order valence-corrected chi connectivity index (χ2v) is 7.54. The highest BCUT2D eigenvalue weighted by atomic mass is 35.5. The van der Waals surface area contributed by atoms with E-state index in [1.165, 1.54) is 6.08 Å². The average molecular weight is 412 g/mol. The van der Waals surface area contributed by atoms with Gasteiger partial charge in [-0.1, -0.05) is 37.6 Å². The lowest BCUT2D eigenvalue weighted by molar-refractivity contribution is -0.117. The van der Waals surface area contributed by atoms with Crippen LogP contribution in [0.15, 0.2) is 48.7 Å². The summed E-state index contributed by atoms with van der Waals surface area (Å²) in [4.78, 5) is 16.9. The van der Waals surface area contributed by atoms with Gasteiger partial charge in [0.15, 0.2) is 16.7 Å². The lowest BCUT2D eigenvalue weighted by Crippen LogP contribution is -2.30. The summed E-state index contributed by atoms with van der Waals surface area (Å²) < 4.78 is 13.1. The van der Waals surface area contributed by atoms with Crippen LogP contribution < -0.4 is 14.8 Å². The van der Waals surface area contributed by atoms with Gasteiger partial charge in [-0.05, 0) is 41.8 Å². The number of carbonyl (C=O) groups is 1. The average Bonchev–Trinajstić information content (AvgIpc) is 3.05. The lowest BCUT2D eigenvalue weighted by atomic mass is 9.95. The zero-order valence-electron chi connectivity index (χ0n) is 16.3. The van der Waals surface area contributed by atoms with Gasteiger partial charge in [0.2, 0.25) is 5.91 Å². The highest BCUT2D eigenvalue weighted by molar-refractivity contribution is 6.31. The van der Waals surface area contributed by atoms with E-state index >= 15 is 0 Å². The van der Waals surface area contributed by atoms with Crippen molar-refractivity contribution in [2.75, 3.05) is 13.2 Å². The van der Waals surface area contributed by atoms with Gasteiger partial charge in [-0.3, -0.25) is 9.20 Å². The molecule has 0 bridgehead atoms. The van der Waals surface area contributed by atoms with Crippen LogP contribution in [0.2, 0.25) is 5.15 Å². The zero-order chi connectivity index (χ0) is 20.4. The molecule has 3 heterocycles. The molecule has 2 aromatic heterocycles. The summed E-state index contributed by atoms with van der Waals surface area (Å²) in [5.74, 6) is 1.42. The Bertz CT molecular complexity index is 1070. The van der Waals surface area contributed by atoms with E-state index < -0.39 is 0 Å². The maximum atomic E-state index is 12.6. The molecule has 1 atom stereocenters. The van der Waals surface area contributed by atoms with Gasteiger partial charge in [-0.15, -0.1) is 0 Å². The predicted octanol–water partition coefficient (Wildman–Crippen LogP) is 4.29. The molecule has 0 radical (unpaired) electrons. The highest BCUT2D eigenvalue weighted by Gasteiger charge is 2.21. The fourth-order valence-corrected chi connectivity index (χ4v) is 3.62. The van der Waals surface area contributed by atoms with Gasteiger partial charge < -0.3 is 14.8 Å². The number of carbonyl (C=O) groups excluding carboxylic acids is 1. The van der Waals surface area contributed by atoms with Crippen molar-refractivity contribution in [2.24, 2.45) is 5.92 Å². The van der Waals surface area contributed by atoms with Crippen molar-refractivity contribution in [3.63, 3.8) is 0 Å². The van der Waals surface area contributed by atoms with Gasteiger partial charge in [0.25, 0.3) is 0 Å². The minimum absolute atomic E-state index is 0.166. The molecule has 1 amide bonds. The predicted molar refractivity (Wildman–Crippen MR) is 112 cm³/mol. The first kappa shape index (κ1) is 19.3. The van der Waals surface area contributed by atoms with E-state index in [-0.39, 0.29) is 17.9 Å². The van der Waals surface area contributed by atoms with Crippen molar-refractivity contribution in [1.82, 2.24) is 14.7 Å². The van der Waals surface area contributed by atoms with Crippen LogP contribution in [0, 0.1) is 5.92 Å². The SMILES string of the molecule is CC(C)[C@@H](NC(=O)/C=C\c1c(Cl)nc2ccccn12)c1ccc2c(c1)OCCO2. The van der Waals surface area contributed by atoms with E-state index in [1.54, 1.807) is 6.08 Å². The fraction of sp³-hybridized carbons (Fsp3) is 0.273. The fourth-order valence-electron chi connectivity index (χ4n) is 3.38. The number of aromatic nitrogens is 2. The second-order valence-electron chi connectivity index (χ2n) is 7.18. The van der Waals surface area contributed by atoms with Crippen LogP contribution in [-0.2, 0) is 4.79 Å². The van der Waals surface area contributed by atoms with Crippen molar-refractivity contribution in [3.05, 3.63) is 65.1 Å². The molecular formula is C22H22ClN3O3. The molecular weight excluding hydrogens is 390 g/mol. The van der Waals surface area contributed by atoms with E-state index in [0.29, 0.717) is 29.8 Å². The van der Waals surface area contributed by atoms with Crippen LogP contribution in [0.4, 0.5) is 0 Å². The number of amides is 1. The van der Waals surface area contributed by atoms with Crippen LogP contribution in [0.5, 0.6) is 11.5 Å². The van der Waals surface area contributed by atoms with Gasteiger partial charge in [-0.2, -0.15) is 0 Å². The van der Waals surface area contributed by atoms with Gasteiger partial charge >= 0.3 is 0 Å². The largest absolute Gasteiger partial charge is 0.486 e. The van der Waals surface area contributed by atoms with E-state index in [4.69, 9.17) is 21.1 Å². The molecule has 150 valence electrons. The normalized spacial score (nSPS) is 14.5. The quantitative estimate of drug-likeness (QED) is 0.636. The smallest absolute Gasteiger partial charge is 0.244 e. The minimum Gasteiger partial charge on any atom is -0.486 e. The molecule has 0 aliphatic carbocycles. The molecule has 0 fully saturated rings. The van der Waals surface area contributed by atoms with E-state index in [2.05, 4.69) is 24.1 Å². The molecule has 0 saturated heterocycles. The lowest BCUT2D eigenvalue weighted by Gasteiger charge is -2.25. The topological polar surface area (TPSA) is 64.9 Å². The molecule has 0 spiro atoms. The molecule has 1 aliphatic heterocycles. The molecule has 1 aliphatic rings. The number of hydrogen-bond acceptors (Lipinski definition) is 4. The number of pyridine rings is 1. The van der Waals surface area contributed by atoms with Crippen LogP contribution in [0.25, 0.3) is 11.7 Å². The third-order valence-electron chi connectivity index (χ3n) is 4.80. The summed E-state index contributed by atoms with van der Waals surface area (Å²) in [5.41, 5.74) is 2.37. The third-order valence-corrected chi connectivity index (χ3v) is 5.08. The maximum absolute atomic E-state index is 12.6. The number of fused-ring (bicyclic) bond motifs is 2. The van der Waals surface area contributed by atoms with Crippen molar-refractivity contribution in [1.29, 1.82) is 0 Å². The van der Waals surface area contributed by atoms with E-state index in [1.807, 2.05) is 47.0 Å². The molecule has 6 nitrogen and oxygen atoms in total. The molecule has 29 heavy (non-hydrogen) atoms. The Hall–Kier alpha value is -2.99. The summed E-state index contributed by atoms with van der Waals surface area (Å²) in [6.07, 6.45) is 5.02. The van der Waals surface area contributed by atoms with Gasteiger partial charge in [-0.25, -0.2) is 4.98 Å². The molecule has 1 N–H and O–H groups in total. The Morgan fingerprint density at radius 3 is 2.79 bits per heavy atom. The number of ether oxygens (including phenoxy) is 2. The van der Waals surface area contributed by atoms with Crippen LogP contribution >= 0.6 is 11.6 Å². The van der Waals surface area contributed by atoms with Crippen LogP contribution in [0.3, 0.4) is 0 Å². The summed E-state index contributed by atoms with van der Waals surface area (Å²) >= 11 is 6.23. The van der Waals surface area contributed by atoms with Crippen LogP contribution in [0.1, 0.15) is 31.1 Å². The standard InChI is InChI=1S/C22H22ClN3O3/c1-14(2)21(15-6-8-17-18(13-15)29-12-11-28-17)25-20(27)9-7-16-22(23)24-19-5-3-4-10-26(16)19/h3-10,13-14,21H,11-12H2,1-2H3,(H,25,27)/b9-7-/t21-/m1/s1. The Labute approximate surface area is 174 Å². The van der Waals surface area contributed by atoms with E-state index in [9.17, 15) is 4.79 Å². The first-order valence-corrected chi connectivity index (χ1v) is 9.91. The van der Waals surface area contributed by atoms with Crippen LogP contribution in [-0.4, -0.2) is 28.5 Å². The number of nitrogens with one attached hydrogen (secondary N) is 1. The van der Waals surface area contributed by atoms with Crippen molar-refractivity contribution in [3.8, 4) is 11.5 Å². The van der Waals surface area contributed by atoms with Crippen molar-refractivity contribution in [2.45, 2.75) is 19.9 Å². The van der Waals surface area contributed by atoms with Crippen molar-refractivity contribution < 1.29 is 14.3 Å². The number of hydrogen-bond donors (Lipinski definition) is 1. The molecule has 1 aromatic carbocycles.